The molecule has 1 unspecified atom stereocenters. The minimum absolute atomic E-state index is 0.224. The number of halogens is 1. The van der Waals surface area contributed by atoms with Crippen molar-refractivity contribution in [2.45, 2.75) is 26.4 Å². The summed E-state index contributed by atoms with van der Waals surface area (Å²) in [4.78, 5) is 0. The maximum atomic E-state index is 6.25. The third-order valence-corrected chi connectivity index (χ3v) is 4.43. The number of hydrogen-bond acceptors (Lipinski definition) is 3. The first-order valence-electron chi connectivity index (χ1n) is 8.01. The van der Waals surface area contributed by atoms with Crippen LogP contribution in [0.25, 0.3) is 0 Å². The van der Waals surface area contributed by atoms with Crippen molar-refractivity contribution in [3.05, 3.63) is 58.6 Å². The molecule has 0 aliphatic carbocycles. The van der Waals surface area contributed by atoms with E-state index in [1.165, 1.54) is 5.56 Å². The summed E-state index contributed by atoms with van der Waals surface area (Å²) < 4.78 is 11.3. The van der Waals surface area contributed by atoms with Crippen molar-refractivity contribution in [2.24, 2.45) is 5.92 Å². The van der Waals surface area contributed by atoms with Crippen molar-refractivity contribution in [3.63, 3.8) is 0 Å². The van der Waals surface area contributed by atoms with Crippen molar-refractivity contribution < 1.29 is 9.47 Å². The van der Waals surface area contributed by atoms with E-state index in [0.29, 0.717) is 19.1 Å². The topological polar surface area (TPSA) is 30.5 Å². The van der Waals surface area contributed by atoms with E-state index in [1.54, 1.807) is 0 Å². The first kappa shape index (κ1) is 16.2. The zero-order valence-electron chi connectivity index (χ0n) is 13.5. The Bertz CT molecular complexity index is 672. The molecular weight excluding hydrogens is 310 g/mol. The van der Waals surface area contributed by atoms with Crippen molar-refractivity contribution in [2.75, 3.05) is 13.2 Å². The second kappa shape index (κ2) is 7.24. The van der Waals surface area contributed by atoms with Gasteiger partial charge in [-0.15, -0.1) is 0 Å². The zero-order chi connectivity index (χ0) is 16.2. The molecule has 0 bridgehead atoms. The van der Waals surface area contributed by atoms with Crippen LogP contribution in [0.2, 0.25) is 5.02 Å². The third kappa shape index (κ3) is 3.80. The lowest BCUT2D eigenvalue weighted by Crippen LogP contribution is -2.26. The summed E-state index contributed by atoms with van der Waals surface area (Å²) in [7, 11) is 0. The molecule has 4 heteroatoms. The number of hydrogen-bond donors (Lipinski definition) is 1. The van der Waals surface area contributed by atoms with Gasteiger partial charge in [-0.3, -0.25) is 0 Å². The summed E-state index contributed by atoms with van der Waals surface area (Å²) in [5.74, 6) is 2.10. The third-order valence-electron chi connectivity index (χ3n) is 4.06. The number of benzene rings is 2. The van der Waals surface area contributed by atoms with Gasteiger partial charge >= 0.3 is 0 Å². The fourth-order valence-corrected chi connectivity index (χ4v) is 3.06. The normalized spacial score (nSPS) is 14.8. The summed E-state index contributed by atoms with van der Waals surface area (Å²) in [5, 5.41) is 4.41. The quantitative estimate of drug-likeness (QED) is 0.868. The molecule has 23 heavy (non-hydrogen) atoms. The summed E-state index contributed by atoms with van der Waals surface area (Å²) >= 11 is 6.25. The molecule has 0 saturated carbocycles. The van der Waals surface area contributed by atoms with Crippen LogP contribution in [-0.2, 0) is 6.54 Å². The van der Waals surface area contributed by atoms with Gasteiger partial charge in [0.25, 0.3) is 0 Å². The molecule has 0 amide bonds. The highest BCUT2D eigenvalue weighted by Crippen LogP contribution is 2.34. The fourth-order valence-electron chi connectivity index (χ4n) is 2.85. The van der Waals surface area contributed by atoms with E-state index >= 15 is 0 Å². The van der Waals surface area contributed by atoms with Gasteiger partial charge in [-0.2, -0.15) is 0 Å². The van der Waals surface area contributed by atoms with Crippen LogP contribution >= 0.6 is 11.6 Å². The molecule has 1 aliphatic rings. The van der Waals surface area contributed by atoms with Crippen LogP contribution in [0.15, 0.2) is 42.5 Å². The number of ether oxygens (including phenoxy) is 2. The summed E-state index contributed by atoms with van der Waals surface area (Å²) in [6.45, 7) is 6.37. The molecular formula is C19H22ClNO2. The average molecular weight is 332 g/mol. The molecule has 3 nitrogen and oxygen atoms in total. The van der Waals surface area contributed by atoms with Crippen LogP contribution < -0.4 is 14.8 Å². The van der Waals surface area contributed by atoms with E-state index < -0.39 is 0 Å². The van der Waals surface area contributed by atoms with Gasteiger partial charge in [0.1, 0.15) is 13.2 Å². The Morgan fingerprint density at radius 3 is 2.52 bits per heavy atom. The van der Waals surface area contributed by atoms with Gasteiger partial charge in [-0.25, -0.2) is 0 Å². The van der Waals surface area contributed by atoms with Gasteiger partial charge in [0, 0.05) is 17.6 Å². The van der Waals surface area contributed by atoms with E-state index in [-0.39, 0.29) is 6.04 Å². The van der Waals surface area contributed by atoms with Crippen LogP contribution in [0.3, 0.4) is 0 Å². The molecule has 0 aromatic heterocycles. The minimum atomic E-state index is 0.224. The Morgan fingerprint density at radius 2 is 1.78 bits per heavy atom. The summed E-state index contributed by atoms with van der Waals surface area (Å²) in [6, 6.07) is 14.3. The van der Waals surface area contributed by atoms with Gasteiger partial charge in [0.05, 0.1) is 0 Å². The molecule has 0 saturated heterocycles. The highest BCUT2D eigenvalue weighted by atomic mass is 35.5. The van der Waals surface area contributed by atoms with Gasteiger partial charge in [0.2, 0.25) is 0 Å². The smallest absolute Gasteiger partial charge is 0.161 e. The van der Waals surface area contributed by atoms with Crippen molar-refractivity contribution >= 4 is 11.6 Å². The van der Waals surface area contributed by atoms with Crippen LogP contribution in [0, 0.1) is 5.92 Å². The highest BCUT2D eigenvalue weighted by Gasteiger charge is 2.19. The van der Waals surface area contributed by atoms with Gasteiger partial charge in [-0.1, -0.05) is 49.7 Å². The Labute approximate surface area is 142 Å². The SMILES string of the molecule is CC(C)C(NCc1ccccc1Cl)c1ccc2c(c1)OCCO2. The molecule has 0 radical (unpaired) electrons. The lowest BCUT2D eigenvalue weighted by atomic mass is 9.95. The number of rotatable bonds is 5. The number of fused-ring (bicyclic) bond motifs is 1. The summed E-state index contributed by atoms with van der Waals surface area (Å²) in [5.41, 5.74) is 2.31. The molecule has 2 aromatic rings. The Hall–Kier alpha value is -1.71. The molecule has 1 atom stereocenters. The monoisotopic (exact) mass is 331 g/mol. The van der Waals surface area contributed by atoms with Gasteiger partial charge < -0.3 is 14.8 Å². The van der Waals surface area contributed by atoms with Crippen molar-refractivity contribution in [3.8, 4) is 11.5 Å². The highest BCUT2D eigenvalue weighted by molar-refractivity contribution is 6.31. The number of nitrogens with one attached hydrogen (secondary N) is 1. The van der Waals surface area contributed by atoms with Crippen molar-refractivity contribution in [1.82, 2.24) is 5.32 Å². The first-order chi connectivity index (χ1) is 11.1. The lowest BCUT2D eigenvalue weighted by molar-refractivity contribution is 0.171. The van der Waals surface area contributed by atoms with Crippen LogP contribution in [0.5, 0.6) is 11.5 Å². The lowest BCUT2D eigenvalue weighted by Gasteiger charge is -2.25. The van der Waals surface area contributed by atoms with E-state index in [0.717, 1.165) is 28.6 Å². The van der Waals surface area contributed by atoms with Gasteiger partial charge in [-0.05, 0) is 35.2 Å². The Balaban J connectivity index is 1.78. The molecule has 3 rings (SSSR count). The molecule has 2 aromatic carbocycles. The van der Waals surface area contributed by atoms with Crippen LogP contribution in [-0.4, -0.2) is 13.2 Å². The Morgan fingerprint density at radius 1 is 1.04 bits per heavy atom. The predicted octanol–water partition coefficient (Wildman–Crippen LogP) is 4.60. The standard InChI is InChI=1S/C19H22ClNO2/c1-13(2)19(21-12-15-5-3-4-6-16(15)20)14-7-8-17-18(11-14)23-10-9-22-17/h3-8,11,13,19,21H,9-10,12H2,1-2H3. The molecule has 0 fully saturated rings. The van der Waals surface area contributed by atoms with E-state index in [2.05, 4.69) is 37.4 Å². The molecule has 122 valence electrons. The van der Waals surface area contributed by atoms with Crippen molar-refractivity contribution in [1.29, 1.82) is 0 Å². The summed E-state index contributed by atoms with van der Waals surface area (Å²) in [6.07, 6.45) is 0. The predicted molar refractivity (Wildman–Crippen MR) is 93.3 cm³/mol. The minimum Gasteiger partial charge on any atom is -0.486 e. The maximum absolute atomic E-state index is 6.25. The van der Waals surface area contributed by atoms with Crippen LogP contribution in [0.4, 0.5) is 0 Å². The first-order valence-corrected chi connectivity index (χ1v) is 8.39. The second-order valence-electron chi connectivity index (χ2n) is 6.10. The zero-order valence-corrected chi connectivity index (χ0v) is 14.3. The Kier molecular flexibility index (Phi) is 5.09. The second-order valence-corrected chi connectivity index (χ2v) is 6.50. The van der Waals surface area contributed by atoms with Gasteiger partial charge in [0.15, 0.2) is 11.5 Å². The molecule has 1 heterocycles. The molecule has 0 spiro atoms. The molecule has 1 N–H and O–H groups in total. The fraction of sp³-hybridized carbons (Fsp3) is 0.368. The maximum Gasteiger partial charge on any atom is 0.161 e. The van der Waals surface area contributed by atoms with E-state index in [9.17, 15) is 0 Å². The van der Waals surface area contributed by atoms with E-state index in [1.807, 2.05) is 24.3 Å². The van der Waals surface area contributed by atoms with Crippen LogP contribution in [0.1, 0.15) is 31.0 Å². The largest absolute Gasteiger partial charge is 0.486 e. The van der Waals surface area contributed by atoms with E-state index in [4.69, 9.17) is 21.1 Å². The average Bonchev–Trinajstić information content (AvgIpc) is 2.56. The molecule has 1 aliphatic heterocycles.